The van der Waals surface area contributed by atoms with Gasteiger partial charge in [0.1, 0.15) is 6.04 Å². The van der Waals surface area contributed by atoms with Gasteiger partial charge in [0.2, 0.25) is 5.91 Å². The van der Waals surface area contributed by atoms with Crippen LogP contribution in [-0.4, -0.2) is 38.8 Å². The predicted octanol–water partition coefficient (Wildman–Crippen LogP) is 3.99. The SMILES string of the molecule is C[C@@]1(CCl)S[C@H]2CC(=O)N2C1C(=O)OC(c1ccccc1)c1ccccc1. The molecule has 27 heavy (non-hydrogen) atoms. The Morgan fingerprint density at radius 1 is 1.19 bits per heavy atom. The zero-order valence-corrected chi connectivity index (χ0v) is 16.5. The van der Waals surface area contributed by atoms with Gasteiger partial charge >= 0.3 is 5.97 Å². The van der Waals surface area contributed by atoms with E-state index in [9.17, 15) is 9.59 Å². The van der Waals surface area contributed by atoms with Crippen molar-refractivity contribution in [2.45, 2.75) is 35.6 Å². The van der Waals surface area contributed by atoms with E-state index in [0.29, 0.717) is 6.42 Å². The summed E-state index contributed by atoms with van der Waals surface area (Å²) in [6.45, 7) is 1.93. The number of benzene rings is 2. The van der Waals surface area contributed by atoms with E-state index in [1.165, 1.54) is 0 Å². The van der Waals surface area contributed by atoms with Crippen molar-refractivity contribution in [1.82, 2.24) is 4.90 Å². The number of fused-ring (bicyclic) bond motifs is 1. The number of hydrogen-bond donors (Lipinski definition) is 0. The summed E-state index contributed by atoms with van der Waals surface area (Å²) in [7, 11) is 0. The largest absolute Gasteiger partial charge is 0.451 e. The van der Waals surface area contributed by atoms with E-state index in [2.05, 4.69) is 0 Å². The van der Waals surface area contributed by atoms with E-state index in [4.69, 9.17) is 16.3 Å². The maximum absolute atomic E-state index is 13.2. The third-order valence-corrected chi connectivity index (χ3v) is 7.42. The molecule has 2 fully saturated rings. The van der Waals surface area contributed by atoms with E-state index < -0.39 is 22.9 Å². The highest BCUT2D eigenvalue weighted by Crippen LogP contribution is 2.52. The number of halogens is 1. The molecule has 4 nitrogen and oxygen atoms in total. The fourth-order valence-corrected chi connectivity index (χ4v) is 5.65. The highest BCUT2D eigenvalue weighted by atomic mass is 35.5. The molecule has 0 bridgehead atoms. The average molecular weight is 402 g/mol. The van der Waals surface area contributed by atoms with E-state index in [0.717, 1.165) is 11.1 Å². The van der Waals surface area contributed by atoms with E-state index in [1.54, 1.807) is 16.7 Å². The van der Waals surface area contributed by atoms with Crippen molar-refractivity contribution >= 4 is 35.2 Å². The molecular formula is C21H20ClNO3S. The highest BCUT2D eigenvalue weighted by molar-refractivity contribution is 8.01. The number of alkyl halides is 1. The molecule has 0 aromatic heterocycles. The Bertz CT molecular complexity index is 808. The lowest BCUT2D eigenvalue weighted by molar-refractivity contribution is -0.164. The highest BCUT2D eigenvalue weighted by Gasteiger charge is 2.61. The number of rotatable bonds is 5. The molecule has 1 unspecified atom stereocenters. The van der Waals surface area contributed by atoms with Crippen molar-refractivity contribution in [1.29, 1.82) is 0 Å². The Balaban J connectivity index is 1.65. The predicted molar refractivity (Wildman–Crippen MR) is 107 cm³/mol. The van der Waals surface area contributed by atoms with Crippen molar-refractivity contribution in [3.63, 3.8) is 0 Å². The van der Waals surface area contributed by atoms with Crippen molar-refractivity contribution < 1.29 is 14.3 Å². The van der Waals surface area contributed by atoms with Crippen molar-refractivity contribution in [2.75, 3.05) is 5.88 Å². The molecule has 0 aliphatic carbocycles. The molecular weight excluding hydrogens is 382 g/mol. The molecule has 0 radical (unpaired) electrons. The number of thioether (sulfide) groups is 1. The van der Waals surface area contributed by atoms with Crippen LogP contribution in [0.3, 0.4) is 0 Å². The van der Waals surface area contributed by atoms with Crippen LogP contribution in [0, 0.1) is 0 Å². The number of ether oxygens (including phenoxy) is 1. The lowest BCUT2D eigenvalue weighted by Crippen LogP contribution is -2.58. The Kier molecular flexibility index (Phi) is 4.91. The van der Waals surface area contributed by atoms with E-state index in [-0.39, 0.29) is 17.2 Å². The first-order valence-corrected chi connectivity index (χ1v) is 10.3. The van der Waals surface area contributed by atoms with Crippen LogP contribution in [0.2, 0.25) is 0 Å². The Labute approximate surface area is 167 Å². The van der Waals surface area contributed by atoms with Gasteiger partial charge < -0.3 is 9.64 Å². The molecule has 2 aliphatic heterocycles. The summed E-state index contributed by atoms with van der Waals surface area (Å²) in [5, 5.41) is 0.0192. The van der Waals surface area contributed by atoms with Gasteiger partial charge in [-0.05, 0) is 18.1 Å². The minimum atomic E-state index is -0.666. The molecule has 4 rings (SSSR count). The van der Waals surface area contributed by atoms with Gasteiger partial charge in [-0.2, -0.15) is 0 Å². The minimum Gasteiger partial charge on any atom is -0.451 e. The van der Waals surface area contributed by atoms with Gasteiger partial charge in [0.25, 0.3) is 0 Å². The first-order valence-electron chi connectivity index (χ1n) is 8.89. The maximum Gasteiger partial charge on any atom is 0.331 e. The van der Waals surface area contributed by atoms with Gasteiger partial charge in [-0.25, -0.2) is 4.79 Å². The second kappa shape index (κ2) is 7.21. The van der Waals surface area contributed by atoms with Crippen LogP contribution in [0.4, 0.5) is 0 Å². The fraction of sp³-hybridized carbons (Fsp3) is 0.333. The number of β-lactam (4-membered cyclic amide) rings is 1. The molecule has 0 N–H and O–H groups in total. The van der Waals surface area contributed by atoms with Crippen LogP contribution >= 0.6 is 23.4 Å². The topological polar surface area (TPSA) is 46.6 Å². The third-order valence-electron chi connectivity index (χ3n) is 5.14. The van der Waals surface area contributed by atoms with Crippen molar-refractivity contribution in [3.8, 4) is 0 Å². The summed E-state index contributed by atoms with van der Waals surface area (Å²) in [6.07, 6.45) is -0.0678. The lowest BCUT2D eigenvalue weighted by Gasteiger charge is -2.38. The van der Waals surface area contributed by atoms with Crippen LogP contribution in [0.5, 0.6) is 0 Å². The number of carbonyl (C=O) groups is 2. The van der Waals surface area contributed by atoms with Gasteiger partial charge in [0, 0.05) is 5.88 Å². The summed E-state index contributed by atoms with van der Waals surface area (Å²) >= 11 is 7.79. The normalized spacial score (nSPS) is 26.6. The fourth-order valence-electron chi connectivity index (χ4n) is 3.71. The number of esters is 1. The Morgan fingerprint density at radius 3 is 2.22 bits per heavy atom. The molecule has 2 aromatic rings. The molecule has 1 amide bonds. The Hall–Kier alpha value is -1.98. The number of amides is 1. The summed E-state index contributed by atoms with van der Waals surface area (Å²) in [5.41, 5.74) is 1.78. The standard InChI is InChI=1S/C21H20ClNO3S/c1-21(13-22)19(23-16(24)12-17(23)27-21)20(25)26-18(14-8-4-2-5-9-14)15-10-6-3-7-11-15/h2-11,17-19H,12-13H2,1H3/t17-,19?,21-/m0/s1. The number of hydrogen-bond acceptors (Lipinski definition) is 4. The zero-order valence-electron chi connectivity index (χ0n) is 14.9. The number of nitrogens with zero attached hydrogens (tertiary/aromatic N) is 1. The summed E-state index contributed by atoms with van der Waals surface area (Å²) < 4.78 is 5.45. The van der Waals surface area contributed by atoms with E-state index >= 15 is 0 Å². The molecule has 2 aromatic carbocycles. The summed E-state index contributed by atoms with van der Waals surface area (Å²) in [5.74, 6) is -0.142. The van der Waals surface area contributed by atoms with Crippen molar-refractivity contribution in [2.24, 2.45) is 0 Å². The average Bonchev–Trinajstić information content (AvgIpc) is 2.95. The molecule has 2 aliphatic rings. The molecule has 2 heterocycles. The molecule has 0 spiro atoms. The monoisotopic (exact) mass is 401 g/mol. The Morgan fingerprint density at radius 2 is 1.74 bits per heavy atom. The van der Waals surface area contributed by atoms with Gasteiger partial charge in [-0.1, -0.05) is 60.7 Å². The van der Waals surface area contributed by atoms with Gasteiger partial charge in [0.15, 0.2) is 6.10 Å². The quantitative estimate of drug-likeness (QED) is 0.431. The van der Waals surface area contributed by atoms with Crippen LogP contribution in [0.1, 0.15) is 30.6 Å². The first-order chi connectivity index (χ1) is 13.0. The van der Waals surface area contributed by atoms with Crippen LogP contribution in [0.15, 0.2) is 60.7 Å². The molecule has 140 valence electrons. The zero-order chi connectivity index (χ0) is 19.0. The minimum absolute atomic E-state index is 0.0146. The van der Waals surface area contributed by atoms with Gasteiger partial charge in [0.05, 0.1) is 16.5 Å². The first kappa shape index (κ1) is 18.4. The lowest BCUT2D eigenvalue weighted by atomic mass is 9.97. The summed E-state index contributed by atoms with van der Waals surface area (Å²) in [6, 6.07) is 18.6. The van der Waals surface area contributed by atoms with Crippen LogP contribution in [-0.2, 0) is 14.3 Å². The van der Waals surface area contributed by atoms with Crippen LogP contribution in [0.25, 0.3) is 0 Å². The molecule has 2 saturated heterocycles. The number of carbonyl (C=O) groups excluding carboxylic acids is 2. The van der Waals surface area contributed by atoms with E-state index in [1.807, 2.05) is 67.6 Å². The third kappa shape index (κ3) is 3.23. The van der Waals surface area contributed by atoms with Crippen LogP contribution < -0.4 is 0 Å². The van der Waals surface area contributed by atoms with Crippen molar-refractivity contribution in [3.05, 3.63) is 71.8 Å². The smallest absolute Gasteiger partial charge is 0.331 e. The summed E-state index contributed by atoms with van der Waals surface area (Å²) in [4.78, 5) is 27.0. The second-order valence-electron chi connectivity index (χ2n) is 7.06. The molecule has 3 atom stereocenters. The molecule has 6 heteroatoms. The molecule has 0 saturated carbocycles. The van der Waals surface area contributed by atoms with Gasteiger partial charge in [-0.3, -0.25) is 4.79 Å². The van der Waals surface area contributed by atoms with Gasteiger partial charge in [-0.15, -0.1) is 23.4 Å². The maximum atomic E-state index is 13.2. The second-order valence-corrected chi connectivity index (χ2v) is 9.04.